The van der Waals surface area contributed by atoms with E-state index in [0.29, 0.717) is 5.92 Å². The second-order valence-corrected chi connectivity index (χ2v) is 6.34. The van der Waals surface area contributed by atoms with Crippen molar-refractivity contribution in [1.29, 1.82) is 0 Å². The smallest absolute Gasteiger partial charge is 0.223 e. The molecule has 1 amide bonds. The second-order valence-electron chi connectivity index (χ2n) is 5.90. The Hall–Kier alpha value is -1.06. The lowest BCUT2D eigenvalue weighted by Crippen LogP contribution is -2.40. The van der Waals surface area contributed by atoms with Crippen LogP contribution in [0.4, 0.5) is 0 Å². The zero-order valence-corrected chi connectivity index (χ0v) is 12.3. The van der Waals surface area contributed by atoms with Crippen LogP contribution in [0.5, 0.6) is 0 Å². The van der Waals surface area contributed by atoms with E-state index in [-0.39, 0.29) is 17.9 Å². The Morgan fingerprint density at radius 3 is 2.40 bits per heavy atom. The van der Waals surface area contributed by atoms with Crippen molar-refractivity contribution < 1.29 is 4.79 Å². The topological polar surface area (TPSA) is 41.1 Å². The Morgan fingerprint density at radius 2 is 1.80 bits per heavy atom. The van der Waals surface area contributed by atoms with Crippen molar-refractivity contribution in [2.75, 3.05) is 13.1 Å². The molecule has 108 valence electrons. The fourth-order valence-electron chi connectivity index (χ4n) is 2.93. The van der Waals surface area contributed by atoms with Crippen molar-refractivity contribution in [3.8, 4) is 0 Å². The van der Waals surface area contributed by atoms with Crippen molar-refractivity contribution >= 4 is 17.5 Å². The van der Waals surface area contributed by atoms with E-state index < -0.39 is 0 Å². The standard InChI is InChI=1S/C16H21ClN2O/c17-14-5-3-12(4-6-14)15(11-1-2-11)19-16(20)13-7-9-18-10-8-13/h3-6,11,13,15,18H,1-2,7-10H2,(H,19,20). The summed E-state index contributed by atoms with van der Waals surface area (Å²) < 4.78 is 0. The Morgan fingerprint density at radius 1 is 1.15 bits per heavy atom. The van der Waals surface area contributed by atoms with E-state index in [1.165, 1.54) is 18.4 Å². The van der Waals surface area contributed by atoms with E-state index in [2.05, 4.69) is 10.6 Å². The molecule has 2 fully saturated rings. The first-order valence-corrected chi connectivity index (χ1v) is 7.88. The van der Waals surface area contributed by atoms with Crippen molar-refractivity contribution in [2.24, 2.45) is 11.8 Å². The van der Waals surface area contributed by atoms with Crippen molar-refractivity contribution in [1.82, 2.24) is 10.6 Å². The summed E-state index contributed by atoms with van der Waals surface area (Å²) in [6.07, 6.45) is 4.31. The number of amides is 1. The minimum absolute atomic E-state index is 0.162. The zero-order chi connectivity index (χ0) is 13.9. The summed E-state index contributed by atoms with van der Waals surface area (Å²) in [6, 6.07) is 8.04. The van der Waals surface area contributed by atoms with Crippen molar-refractivity contribution in [3.63, 3.8) is 0 Å². The van der Waals surface area contributed by atoms with Crippen molar-refractivity contribution in [3.05, 3.63) is 34.9 Å². The van der Waals surface area contributed by atoms with Crippen LogP contribution >= 0.6 is 11.6 Å². The molecule has 2 aliphatic rings. The molecule has 0 spiro atoms. The lowest BCUT2D eigenvalue weighted by molar-refractivity contribution is -0.126. The fraction of sp³-hybridized carbons (Fsp3) is 0.562. The molecule has 1 heterocycles. The average molecular weight is 293 g/mol. The fourth-order valence-corrected chi connectivity index (χ4v) is 3.05. The van der Waals surface area contributed by atoms with Gasteiger partial charge in [0.1, 0.15) is 0 Å². The first kappa shape index (κ1) is 13.9. The van der Waals surface area contributed by atoms with Crippen LogP contribution < -0.4 is 10.6 Å². The third kappa shape index (κ3) is 3.33. The van der Waals surface area contributed by atoms with Gasteiger partial charge in [0.2, 0.25) is 5.91 Å². The van der Waals surface area contributed by atoms with Crippen LogP contribution in [-0.4, -0.2) is 19.0 Å². The largest absolute Gasteiger partial charge is 0.349 e. The quantitative estimate of drug-likeness (QED) is 0.896. The monoisotopic (exact) mass is 292 g/mol. The van der Waals surface area contributed by atoms with Crippen molar-refractivity contribution in [2.45, 2.75) is 31.7 Å². The normalized spacial score (nSPS) is 21.4. The molecule has 2 N–H and O–H groups in total. The highest BCUT2D eigenvalue weighted by Gasteiger charge is 2.34. The summed E-state index contributed by atoms with van der Waals surface area (Å²) in [6.45, 7) is 1.90. The predicted octanol–water partition coefficient (Wildman–Crippen LogP) is 2.91. The summed E-state index contributed by atoms with van der Waals surface area (Å²) in [5.41, 5.74) is 1.18. The molecule has 1 atom stereocenters. The van der Waals surface area contributed by atoms with Gasteiger partial charge in [-0.15, -0.1) is 0 Å². The Balaban J connectivity index is 1.68. The lowest BCUT2D eigenvalue weighted by atomic mass is 9.95. The third-order valence-electron chi connectivity index (χ3n) is 4.33. The van der Waals surface area contributed by atoms with Gasteiger partial charge in [-0.3, -0.25) is 4.79 Å². The molecule has 4 heteroatoms. The van der Waals surface area contributed by atoms with Gasteiger partial charge in [0.25, 0.3) is 0 Å². The molecule has 0 bridgehead atoms. The highest BCUT2D eigenvalue weighted by Crippen LogP contribution is 2.41. The molecular weight excluding hydrogens is 272 g/mol. The molecule has 1 aliphatic heterocycles. The second kappa shape index (κ2) is 6.15. The summed E-state index contributed by atoms with van der Waals surface area (Å²) in [7, 11) is 0. The van der Waals surface area contributed by atoms with E-state index in [0.717, 1.165) is 31.0 Å². The molecule has 1 unspecified atom stereocenters. The molecule has 20 heavy (non-hydrogen) atoms. The number of piperidine rings is 1. The van der Waals surface area contributed by atoms with Gasteiger partial charge in [0.05, 0.1) is 6.04 Å². The van der Waals surface area contributed by atoms with Gasteiger partial charge < -0.3 is 10.6 Å². The van der Waals surface area contributed by atoms with E-state index in [4.69, 9.17) is 11.6 Å². The predicted molar refractivity (Wildman–Crippen MR) is 80.7 cm³/mol. The van der Waals surface area contributed by atoms with E-state index in [1.54, 1.807) is 0 Å². The molecule has 3 nitrogen and oxygen atoms in total. The number of carbonyl (C=O) groups excluding carboxylic acids is 1. The third-order valence-corrected chi connectivity index (χ3v) is 4.58. The van der Waals surface area contributed by atoms with Gasteiger partial charge in [-0.1, -0.05) is 23.7 Å². The van der Waals surface area contributed by atoms with Gasteiger partial charge in [-0.25, -0.2) is 0 Å². The maximum absolute atomic E-state index is 12.4. The number of carbonyl (C=O) groups is 1. The van der Waals surface area contributed by atoms with Gasteiger partial charge >= 0.3 is 0 Å². The van der Waals surface area contributed by atoms with Gasteiger partial charge in [-0.2, -0.15) is 0 Å². The van der Waals surface area contributed by atoms with Crippen LogP contribution in [-0.2, 0) is 4.79 Å². The van der Waals surface area contributed by atoms with Gasteiger partial charge in [0.15, 0.2) is 0 Å². The van der Waals surface area contributed by atoms with Crippen LogP contribution in [0, 0.1) is 11.8 Å². The van der Waals surface area contributed by atoms with Crippen LogP contribution in [0.1, 0.15) is 37.3 Å². The molecule has 1 saturated heterocycles. The van der Waals surface area contributed by atoms with E-state index in [9.17, 15) is 4.79 Å². The SMILES string of the molecule is O=C(NC(c1ccc(Cl)cc1)C1CC1)C1CCNCC1. The molecule has 3 rings (SSSR count). The molecule has 1 aromatic rings. The number of benzene rings is 1. The minimum Gasteiger partial charge on any atom is -0.349 e. The molecular formula is C16H21ClN2O. The molecule has 0 aromatic heterocycles. The van der Waals surface area contributed by atoms with E-state index in [1.807, 2.05) is 24.3 Å². The summed E-state index contributed by atoms with van der Waals surface area (Å²) >= 11 is 5.94. The van der Waals surface area contributed by atoms with Crippen LogP contribution in [0.2, 0.25) is 5.02 Å². The minimum atomic E-state index is 0.162. The van der Waals surface area contributed by atoms with Gasteiger partial charge in [0, 0.05) is 10.9 Å². The summed E-state index contributed by atoms with van der Waals surface area (Å²) in [5.74, 6) is 0.991. The van der Waals surface area contributed by atoms with Crippen LogP contribution in [0.15, 0.2) is 24.3 Å². The summed E-state index contributed by atoms with van der Waals surface area (Å²) in [5, 5.41) is 7.32. The zero-order valence-electron chi connectivity index (χ0n) is 11.6. The lowest BCUT2D eigenvalue weighted by Gasteiger charge is -2.25. The number of hydrogen-bond acceptors (Lipinski definition) is 2. The molecule has 0 radical (unpaired) electrons. The number of hydrogen-bond donors (Lipinski definition) is 2. The Bertz CT molecular complexity index is 464. The van der Waals surface area contributed by atoms with E-state index >= 15 is 0 Å². The average Bonchev–Trinajstić information content (AvgIpc) is 3.31. The maximum atomic E-state index is 12.4. The Labute approximate surface area is 125 Å². The number of rotatable bonds is 4. The van der Waals surface area contributed by atoms with Crippen LogP contribution in [0.3, 0.4) is 0 Å². The van der Waals surface area contributed by atoms with Gasteiger partial charge in [-0.05, 0) is 62.4 Å². The highest BCUT2D eigenvalue weighted by molar-refractivity contribution is 6.30. The number of nitrogens with one attached hydrogen (secondary N) is 2. The maximum Gasteiger partial charge on any atom is 0.223 e. The highest BCUT2D eigenvalue weighted by atomic mass is 35.5. The summed E-state index contributed by atoms with van der Waals surface area (Å²) in [4.78, 5) is 12.4. The molecule has 1 aliphatic carbocycles. The number of halogens is 1. The Kier molecular flexibility index (Phi) is 4.27. The first-order chi connectivity index (χ1) is 9.74. The molecule has 1 saturated carbocycles. The first-order valence-electron chi connectivity index (χ1n) is 7.50. The van der Waals surface area contributed by atoms with Crippen LogP contribution in [0.25, 0.3) is 0 Å². The molecule has 1 aromatic carbocycles.